The number of likely N-dealkylation sites (N-methyl/N-ethyl adjacent to an activating group) is 1. The van der Waals surface area contributed by atoms with Gasteiger partial charge in [-0.15, -0.1) is 5.10 Å². The quantitative estimate of drug-likeness (QED) is 0.530. The number of hydrogen-bond acceptors (Lipinski definition) is 7. The summed E-state index contributed by atoms with van der Waals surface area (Å²) in [6, 6.07) is 4.00. The maximum absolute atomic E-state index is 12.9. The summed E-state index contributed by atoms with van der Waals surface area (Å²) >= 11 is 0. The molecule has 174 valence electrons. The standard InChI is InChI=1S/C21H24N6O6/c1-12(2)24-8-9-25-15(11-14(28)17(29)16(25)19(24)30)23(3)7-10-27-21(33)26-6-4-5-13(20(31)32)18(26)22-27/h4-6,11-12,29H,7-10H2,1-3H3,(H,31,32). The predicted octanol–water partition coefficient (Wildman–Crippen LogP) is 0.0621. The normalized spacial score (nSPS) is 13.6. The Balaban J connectivity index is 1.66. The van der Waals surface area contributed by atoms with Crippen molar-refractivity contribution in [1.82, 2.24) is 23.6 Å². The summed E-state index contributed by atoms with van der Waals surface area (Å²) in [6.07, 6.45) is 1.44. The molecule has 33 heavy (non-hydrogen) atoms. The van der Waals surface area contributed by atoms with Gasteiger partial charge in [-0.25, -0.2) is 18.7 Å². The van der Waals surface area contributed by atoms with E-state index in [1.54, 1.807) is 21.4 Å². The van der Waals surface area contributed by atoms with Gasteiger partial charge in [0, 0.05) is 45.0 Å². The lowest BCUT2D eigenvalue weighted by atomic mass is 10.1. The third kappa shape index (κ3) is 3.62. The zero-order valence-corrected chi connectivity index (χ0v) is 18.4. The van der Waals surface area contributed by atoms with Gasteiger partial charge < -0.3 is 24.6 Å². The molecule has 12 heteroatoms. The fraction of sp³-hybridized carbons (Fsp3) is 0.381. The number of aromatic carboxylic acids is 1. The number of pyridine rings is 2. The van der Waals surface area contributed by atoms with Gasteiger partial charge in [0.1, 0.15) is 11.4 Å². The van der Waals surface area contributed by atoms with E-state index in [-0.39, 0.29) is 36.0 Å². The zero-order chi connectivity index (χ0) is 24.0. The highest BCUT2D eigenvalue weighted by molar-refractivity contribution is 5.96. The van der Waals surface area contributed by atoms with Crippen LogP contribution in [0.5, 0.6) is 5.75 Å². The number of fused-ring (bicyclic) bond motifs is 2. The van der Waals surface area contributed by atoms with Crippen LogP contribution in [0.25, 0.3) is 5.65 Å². The van der Waals surface area contributed by atoms with E-state index in [0.29, 0.717) is 18.9 Å². The Kier molecular flexibility index (Phi) is 5.44. The fourth-order valence-electron chi connectivity index (χ4n) is 4.03. The molecule has 1 aliphatic rings. The van der Waals surface area contributed by atoms with Crippen LogP contribution in [-0.2, 0) is 13.1 Å². The topological polar surface area (TPSA) is 142 Å². The first-order chi connectivity index (χ1) is 15.6. The molecule has 1 amide bonds. The van der Waals surface area contributed by atoms with Crippen molar-refractivity contribution in [2.45, 2.75) is 33.0 Å². The van der Waals surface area contributed by atoms with Crippen molar-refractivity contribution < 1.29 is 19.8 Å². The third-order valence-corrected chi connectivity index (χ3v) is 5.79. The van der Waals surface area contributed by atoms with E-state index in [9.17, 15) is 29.4 Å². The summed E-state index contributed by atoms with van der Waals surface area (Å²) < 4.78 is 3.92. The fourth-order valence-corrected chi connectivity index (χ4v) is 4.03. The van der Waals surface area contributed by atoms with Crippen LogP contribution >= 0.6 is 0 Å². The lowest BCUT2D eigenvalue weighted by molar-refractivity contribution is 0.0641. The molecule has 12 nitrogen and oxygen atoms in total. The average molecular weight is 456 g/mol. The Morgan fingerprint density at radius 1 is 1.24 bits per heavy atom. The molecule has 0 aromatic carbocycles. The molecule has 0 radical (unpaired) electrons. The van der Waals surface area contributed by atoms with Crippen molar-refractivity contribution in [1.29, 1.82) is 0 Å². The maximum Gasteiger partial charge on any atom is 0.350 e. The van der Waals surface area contributed by atoms with Crippen molar-refractivity contribution in [3.8, 4) is 5.75 Å². The molecule has 3 aromatic rings. The zero-order valence-electron chi connectivity index (χ0n) is 18.4. The first kappa shape index (κ1) is 22.1. The SMILES string of the molecule is CC(C)N1CCn2c(N(C)CCn3nc4c(C(=O)O)cccn4c3=O)cc(=O)c(O)c2C1=O. The summed E-state index contributed by atoms with van der Waals surface area (Å²) in [5, 5.41) is 23.8. The summed E-state index contributed by atoms with van der Waals surface area (Å²) in [7, 11) is 1.70. The minimum Gasteiger partial charge on any atom is -0.503 e. The molecule has 4 heterocycles. The second-order valence-corrected chi connectivity index (χ2v) is 8.16. The van der Waals surface area contributed by atoms with Gasteiger partial charge in [0.05, 0.1) is 6.54 Å². The van der Waals surface area contributed by atoms with Gasteiger partial charge in [0.25, 0.3) is 5.91 Å². The number of aromatic hydroxyl groups is 1. The molecule has 4 rings (SSSR count). The summed E-state index contributed by atoms with van der Waals surface area (Å²) in [4.78, 5) is 52.6. The predicted molar refractivity (Wildman–Crippen MR) is 118 cm³/mol. The molecule has 0 aliphatic carbocycles. The van der Waals surface area contributed by atoms with Gasteiger partial charge in [-0.3, -0.25) is 9.59 Å². The molecular formula is C21H24N6O6. The average Bonchev–Trinajstić information content (AvgIpc) is 3.09. The van der Waals surface area contributed by atoms with Crippen LogP contribution < -0.4 is 16.0 Å². The first-order valence-electron chi connectivity index (χ1n) is 10.4. The second-order valence-electron chi connectivity index (χ2n) is 8.16. The third-order valence-electron chi connectivity index (χ3n) is 5.79. The second kappa shape index (κ2) is 8.11. The molecule has 3 aromatic heterocycles. The molecule has 1 aliphatic heterocycles. The van der Waals surface area contributed by atoms with E-state index in [2.05, 4.69) is 5.10 Å². The summed E-state index contributed by atoms with van der Waals surface area (Å²) in [5.41, 5.74) is -1.27. The summed E-state index contributed by atoms with van der Waals surface area (Å²) in [6.45, 7) is 4.88. The highest BCUT2D eigenvalue weighted by atomic mass is 16.4. The Labute approximate surface area is 187 Å². The van der Waals surface area contributed by atoms with E-state index in [1.165, 1.54) is 24.4 Å². The van der Waals surface area contributed by atoms with Gasteiger partial charge in [0.2, 0.25) is 5.43 Å². The van der Waals surface area contributed by atoms with E-state index in [0.717, 1.165) is 9.08 Å². The Bertz CT molecular complexity index is 1380. The van der Waals surface area contributed by atoms with E-state index >= 15 is 0 Å². The van der Waals surface area contributed by atoms with E-state index in [4.69, 9.17) is 0 Å². The highest BCUT2D eigenvalue weighted by Crippen LogP contribution is 2.26. The van der Waals surface area contributed by atoms with E-state index in [1.807, 2.05) is 13.8 Å². The lowest BCUT2D eigenvalue weighted by Crippen LogP contribution is -2.46. The number of rotatable bonds is 6. The molecule has 0 saturated heterocycles. The van der Waals surface area contributed by atoms with Gasteiger partial charge in [-0.2, -0.15) is 0 Å². The Hall–Kier alpha value is -4.09. The number of carboxylic acids is 1. The van der Waals surface area contributed by atoms with Crippen molar-refractivity contribution >= 4 is 23.3 Å². The highest BCUT2D eigenvalue weighted by Gasteiger charge is 2.32. The van der Waals surface area contributed by atoms with Crippen LogP contribution in [0.4, 0.5) is 5.82 Å². The number of carbonyl (C=O) groups is 2. The first-order valence-corrected chi connectivity index (χ1v) is 10.4. The molecule has 0 fully saturated rings. The minimum absolute atomic E-state index is 0.0373. The van der Waals surface area contributed by atoms with Crippen molar-refractivity contribution in [3.05, 3.63) is 56.4 Å². The van der Waals surface area contributed by atoms with Crippen molar-refractivity contribution in [2.75, 3.05) is 25.0 Å². The number of hydrogen-bond donors (Lipinski definition) is 2. The van der Waals surface area contributed by atoms with Crippen LogP contribution in [0.15, 0.2) is 34.0 Å². The Morgan fingerprint density at radius 3 is 2.64 bits per heavy atom. The monoisotopic (exact) mass is 456 g/mol. The number of amides is 1. The van der Waals surface area contributed by atoms with Crippen molar-refractivity contribution in [2.24, 2.45) is 0 Å². The number of anilines is 1. The van der Waals surface area contributed by atoms with Crippen LogP contribution in [0.1, 0.15) is 34.7 Å². The van der Waals surface area contributed by atoms with Crippen LogP contribution in [-0.4, -0.2) is 71.9 Å². The van der Waals surface area contributed by atoms with Crippen LogP contribution in [0, 0.1) is 0 Å². The summed E-state index contributed by atoms with van der Waals surface area (Å²) in [5.74, 6) is -1.77. The van der Waals surface area contributed by atoms with Crippen molar-refractivity contribution in [3.63, 3.8) is 0 Å². The molecule has 0 saturated carbocycles. The number of nitrogens with zero attached hydrogens (tertiary/aromatic N) is 6. The minimum atomic E-state index is -1.19. The van der Waals surface area contributed by atoms with Gasteiger partial charge in [-0.1, -0.05) is 0 Å². The molecule has 0 atom stereocenters. The maximum atomic E-state index is 12.9. The number of carbonyl (C=O) groups excluding carboxylic acids is 1. The molecule has 0 bridgehead atoms. The smallest absolute Gasteiger partial charge is 0.350 e. The van der Waals surface area contributed by atoms with Gasteiger partial charge in [0.15, 0.2) is 17.1 Å². The molecular weight excluding hydrogens is 432 g/mol. The molecule has 2 N–H and O–H groups in total. The van der Waals surface area contributed by atoms with Crippen LogP contribution in [0.3, 0.4) is 0 Å². The van der Waals surface area contributed by atoms with E-state index < -0.39 is 28.7 Å². The van der Waals surface area contributed by atoms with Crippen LogP contribution in [0.2, 0.25) is 0 Å². The molecule has 0 spiro atoms. The largest absolute Gasteiger partial charge is 0.503 e. The molecule has 0 unspecified atom stereocenters. The van der Waals surface area contributed by atoms with Gasteiger partial charge >= 0.3 is 11.7 Å². The van der Waals surface area contributed by atoms with Gasteiger partial charge in [-0.05, 0) is 26.0 Å². The number of aromatic nitrogens is 4. The number of carboxylic acid groups (broad SMARTS) is 1. The lowest BCUT2D eigenvalue weighted by Gasteiger charge is -2.35. The Morgan fingerprint density at radius 2 is 1.97 bits per heavy atom.